The molecular formula is C19H28ClN4O3+. The predicted molar refractivity (Wildman–Crippen MR) is 105 cm³/mol. The van der Waals surface area contributed by atoms with E-state index < -0.39 is 18.0 Å². The summed E-state index contributed by atoms with van der Waals surface area (Å²) in [6.07, 6.45) is 5.30. The van der Waals surface area contributed by atoms with E-state index in [1.54, 1.807) is 38.2 Å². The predicted octanol–water partition coefficient (Wildman–Crippen LogP) is 1.34. The zero-order chi connectivity index (χ0) is 19.8. The van der Waals surface area contributed by atoms with Crippen LogP contribution in [0.15, 0.2) is 24.3 Å². The Kier molecular flexibility index (Phi) is 8.06. The molecule has 0 aromatic heterocycles. The molecule has 27 heavy (non-hydrogen) atoms. The third-order valence-electron chi connectivity index (χ3n) is 4.88. The van der Waals surface area contributed by atoms with Crippen molar-refractivity contribution in [3.63, 3.8) is 0 Å². The summed E-state index contributed by atoms with van der Waals surface area (Å²) in [6.45, 7) is 1.79. The third kappa shape index (κ3) is 7.19. The number of hydrogen-bond acceptors (Lipinski definition) is 3. The van der Waals surface area contributed by atoms with Crippen molar-refractivity contribution in [1.29, 1.82) is 0 Å². The number of hydrogen-bond donors (Lipinski definition) is 4. The summed E-state index contributed by atoms with van der Waals surface area (Å²) < 4.78 is 0. The summed E-state index contributed by atoms with van der Waals surface area (Å²) in [5.74, 6) is -0.624. The zero-order valence-corrected chi connectivity index (χ0v) is 16.6. The second kappa shape index (κ2) is 10.3. The normalized spacial score (nSPS) is 16.9. The van der Waals surface area contributed by atoms with Gasteiger partial charge in [-0.15, -0.1) is 0 Å². The van der Waals surface area contributed by atoms with Crippen LogP contribution in [0.4, 0.5) is 10.5 Å². The van der Waals surface area contributed by atoms with Crippen LogP contribution in [-0.4, -0.2) is 43.5 Å². The summed E-state index contributed by atoms with van der Waals surface area (Å²) in [5.41, 5.74) is 0.640. The van der Waals surface area contributed by atoms with Crippen molar-refractivity contribution in [2.24, 2.45) is 0 Å². The molecule has 0 saturated heterocycles. The van der Waals surface area contributed by atoms with Crippen LogP contribution in [0.2, 0.25) is 5.02 Å². The van der Waals surface area contributed by atoms with Gasteiger partial charge in [0.1, 0.15) is 0 Å². The number of anilines is 1. The Morgan fingerprint density at radius 2 is 1.78 bits per heavy atom. The number of quaternary nitrogens is 1. The molecule has 0 bridgehead atoms. The highest BCUT2D eigenvalue weighted by Crippen LogP contribution is 2.17. The number of benzene rings is 1. The van der Waals surface area contributed by atoms with E-state index >= 15 is 0 Å². The first kappa shape index (κ1) is 21.2. The molecule has 4 amide bonds. The molecular weight excluding hydrogens is 368 g/mol. The first-order valence-corrected chi connectivity index (χ1v) is 9.72. The topological polar surface area (TPSA) is 91.7 Å². The number of carbonyl (C=O) groups is 3. The molecule has 7 nitrogen and oxygen atoms in total. The van der Waals surface area contributed by atoms with Gasteiger partial charge in [-0.3, -0.25) is 14.9 Å². The minimum atomic E-state index is -0.543. The minimum Gasteiger partial charge on any atom is -0.335 e. The molecule has 1 aromatic carbocycles. The minimum absolute atomic E-state index is 0.0987. The van der Waals surface area contributed by atoms with Crippen LogP contribution in [-0.2, 0) is 9.59 Å². The molecule has 1 fully saturated rings. The van der Waals surface area contributed by atoms with E-state index in [9.17, 15) is 14.4 Å². The maximum atomic E-state index is 12.3. The van der Waals surface area contributed by atoms with E-state index in [4.69, 9.17) is 11.6 Å². The van der Waals surface area contributed by atoms with Crippen LogP contribution in [0.1, 0.15) is 39.0 Å². The molecule has 1 aliphatic rings. The molecule has 2 atom stereocenters. The van der Waals surface area contributed by atoms with E-state index in [-0.39, 0.29) is 18.5 Å². The fourth-order valence-corrected chi connectivity index (χ4v) is 3.18. The maximum Gasteiger partial charge on any atom is 0.321 e. The number of rotatable bonds is 6. The molecule has 0 radical (unpaired) electrons. The lowest BCUT2D eigenvalue weighted by atomic mass is 9.96. The number of imide groups is 1. The van der Waals surface area contributed by atoms with Crippen LogP contribution >= 0.6 is 11.6 Å². The highest BCUT2D eigenvalue weighted by atomic mass is 35.5. The number of urea groups is 1. The summed E-state index contributed by atoms with van der Waals surface area (Å²) in [6, 6.07) is 5.93. The Labute approximate surface area is 164 Å². The van der Waals surface area contributed by atoms with Gasteiger partial charge in [-0.25, -0.2) is 4.79 Å². The van der Waals surface area contributed by atoms with Crippen molar-refractivity contribution < 1.29 is 19.3 Å². The van der Waals surface area contributed by atoms with Crippen molar-refractivity contribution in [2.45, 2.75) is 51.1 Å². The fraction of sp³-hybridized carbons (Fsp3) is 0.526. The Balaban J connectivity index is 1.76. The lowest BCUT2D eigenvalue weighted by Crippen LogP contribution is -3.15. The van der Waals surface area contributed by atoms with Gasteiger partial charge in [-0.2, -0.15) is 0 Å². The van der Waals surface area contributed by atoms with Crippen molar-refractivity contribution in [3.8, 4) is 0 Å². The maximum absolute atomic E-state index is 12.3. The second-order valence-corrected chi connectivity index (χ2v) is 7.53. The molecule has 148 valence electrons. The van der Waals surface area contributed by atoms with E-state index in [0.29, 0.717) is 15.6 Å². The first-order valence-electron chi connectivity index (χ1n) is 9.34. The van der Waals surface area contributed by atoms with Gasteiger partial charge < -0.3 is 15.5 Å². The van der Waals surface area contributed by atoms with E-state index in [1.165, 1.54) is 6.42 Å². The van der Waals surface area contributed by atoms with Crippen LogP contribution in [0.5, 0.6) is 0 Å². The number of nitrogens with one attached hydrogen (secondary N) is 4. The number of halogens is 1. The molecule has 1 aliphatic carbocycles. The number of carbonyl (C=O) groups excluding carboxylic acids is 3. The Bertz CT molecular complexity index is 659. The van der Waals surface area contributed by atoms with Gasteiger partial charge in [0.05, 0.1) is 7.05 Å². The van der Waals surface area contributed by atoms with Crippen molar-refractivity contribution >= 4 is 35.1 Å². The first-order chi connectivity index (χ1) is 12.8. The SMILES string of the molecule is C[C@H](C(=O)NC(=O)NC1CCCCC1)[NH+](C)CC(=O)Nc1ccc(Cl)cc1. The van der Waals surface area contributed by atoms with Crippen LogP contribution in [0, 0.1) is 0 Å². The highest BCUT2D eigenvalue weighted by Gasteiger charge is 2.26. The van der Waals surface area contributed by atoms with Crippen LogP contribution in [0.25, 0.3) is 0 Å². The molecule has 1 aromatic rings. The summed E-state index contributed by atoms with van der Waals surface area (Å²) >= 11 is 5.82. The van der Waals surface area contributed by atoms with Gasteiger partial charge in [0.15, 0.2) is 12.6 Å². The molecule has 0 spiro atoms. The van der Waals surface area contributed by atoms with E-state index in [0.717, 1.165) is 25.7 Å². The summed E-state index contributed by atoms with van der Waals surface area (Å²) in [5, 5.41) is 8.58. The molecule has 4 N–H and O–H groups in total. The van der Waals surface area contributed by atoms with E-state index in [1.807, 2.05) is 0 Å². The summed E-state index contributed by atoms with van der Waals surface area (Å²) in [4.78, 5) is 37.1. The fourth-order valence-electron chi connectivity index (χ4n) is 3.06. The smallest absolute Gasteiger partial charge is 0.321 e. The summed E-state index contributed by atoms with van der Waals surface area (Å²) in [7, 11) is 1.74. The highest BCUT2D eigenvalue weighted by molar-refractivity contribution is 6.30. The van der Waals surface area contributed by atoms with Gasteiger partial charge in [-0.1, -0.05) is 30.9 Å². The molecule has 1 unspecified atom stereocenters. The van der Waals surface area contributed by atoms with Gasteiger partial charge in [0, 0.05) is 16.8 Å². The van der Waals surface area contributed by atoms with E-state index in [2.05, 4.69) is 16.0 Å². The lowest BCUT2D eigenvalue weighted by Gasteiger charge is -2.24. The molecule has 2 rings (SSSR count). The largest absolute Gasteiger partial charge is 0.335 e. The average molecular weight is 396 g/mol. The van der Waals surface area contributed by atoms with Crippen molar-refractivity contribution in [2.75, 3.05) is 18.9 Å². The second-order valence-electron chi connectivity index (χ2n) is 7.10. The van der Waals surface area contributed by atoms with Gasteiger partial charge in [0.2, 0.25) is 0 Å². The molecule has 0 aliphatic heterocycles. The Morgan fingerprint density at radius 1 is 1.15 bits per heavy atom. The standard InChI is InChI=1S/C19H27ClN4O3/c1-13(18(26)23-19(27)22-15-6-4-3-5-7-15)24(2)12-17(25)21-16-10-8-14(20)9-11-16/h8-11,13,15H,3-7,12H2,1-2H3,(H,21,25)(H2,22,23,26,27)/p+1/t13-/m1/s1. The van der Waals surface area contributed by atoms with Crippen LogP contribution < -0.4 is 20.9 Å². The van der Waals surface area contributed by atoms with Gasteiger partial charge >= 0.3 is 6.03 Å². The molecule has 8 heteroatoms. The number of amides is 4. The van der Waals surface area contributed by atoms with Gasteiger partial charge in [0.25, 0.3) is 11.8 Å². The van der Waals surface area contributed by atoms with Crippen LogP contribution in [0.3, 0.4) is 0 Å². The Morgan fingerprint density at radius 3 is 2.41 bits per heavy atom. The van der Waals surface area contributed by atoms with Crippen molar-refractivity contribution in [3.05, 3.63) is 29.3 Å². The Hall–Kier alpha value is -2.12. The quantitative estimate of drug-likeness (QED) is 0.585. The van der Waals surface area contributed by atoms with Gasteiger partial charge in [-0.05, 0) is 44.0 Å². The molecule has 1 saturated carbocycles. The lowest BCUT2D eigenvalue weighted by molar-refractivity contribution is -0.885. The monoisotopic (exact) mass is 395 g/mol. The number of likely N-dealkylation sites (N-methyl/N-ethyl adjacent to an activating group) is 1. The average Bonchev–Trinajstić information content (AvgIpc) is 2.63. The molecule has 0 heterocycles. The zero-order valence-electron chi connectivity index (χ0n) is 15.8. The van der Waals surface area contributed by atoms with Crippen molar-refractivity contribution in [1.82, 2.24) is 10.6 Å². The third-order valence-corrected chi connectivity index (χ3v) is 5.13.